The molecule has 6 nitrogen and oxygen atoms in total. The lowest BCUT2D eigenvalue weighted by atomic mass is 10.1. The molecule has 0 saturated carbocycles. The number of carbonyl (C=O) groups excluding carboxylic acids is 1. The minimum absolute atomic E-state index is 0.0248. The average Bonchev–Trinajstić information content (AvgIpc) is 3.34. The van der Waals surface area contributed by atoms with E-state index in [-0.39, 0.29) is 5.56 Å². The van der Waals surface area contributed by atoms with Gasteiger partial charge in [-0.05, 0) is 30.3 Å². The van der Waals surface area contributed by atoms with E-state index in [2.05, 4.69) is 20.5 Å². The van der Waals surface area contributed by atoms with Gasteiger partial charge in [0.05, 0.1) is 17.3 Å². The van der Waals surface area contributed by atoms with Gasteiger partial charge in [0.25, 0.3) is 11.8 Å². The van der Waals surface area contributed by atoms with Crippen molar-refractivity contribution >= 4 is 22.9 Å². The fourth-order valence-electron chi connectivity index (χ4n) is 2.33. The molecule has 8 heteroatoms. The van der Waals surface area contributed by atoms with Crippen LogP contribution in [0.15, 0.2) is 64.7 Å². The molecule has 0 saturated heterocycles. The molecule has 2 aromatic carbocycles. The monoisotopic (exact) mass is 366 g/mol. The van der Waals surface area contributed by atoms with Gasteiger partial charge in [-0.25, -0.2) is 4.39 Å². The van der Waals surface area contributed by atoms with Crippen LogP contribution >= 0.6 is 11.3 Å². The second-order valence-corrected chi connectivity index (χ2v) is 6.18. The molecule has 0 atom stereocenters. The molecular formula is C18H11FN4O2S. The number of nitrogens with one attached hydrogen (secondary N) is 1. The van der Waals surface area contributed by atoms with Gasteiger partial charge in [0.15, 0.2) is 0 Å². The highest BCUT2D eigenvalue weighted by atomic mass is 32.1. The number of hydrogen-bond acceptors (Lipinski definition) is 6. The molecule has 26 heavy (non-hydrogen) atoms. The molecular weight excluding hydrogens is 355 g/mol. The Morgan fingerprint density at radius 2 is 1.92 bits per heavy atom. The Hall–Kier alpha value is -3.39. The highest BCUT2D eigenvalue weighted by molar-refractivity contribution is 7.13. The first-order valence-electron chi connectivity index (χ1n) is 7.59. The van der Waals surface area contributed by atoms with E-state index in [1.54, 1.807) is 42.0 Å². The second-order valence-electron chi connectivity index (χ2n) is 5.29. The minimum Gasteiger partial charge on any atom is -0.415 e. The van der Waals surface area contributed by atoms with Crippen molar-refractivity contribution in [1.82, 2.24) is 15.2 Å². The van der Waals surface area contributed by atoms with E-state index in [4.69, 9.17) is 4.42 Å². The zero-order valence-electron chi connectivity index (χ0n) is 13.2. The largest absolute Gasteiger partial charge is 0.415 e. The topological polar surface area (TPSA) is 80.9 Å². The van der Waals surface area contributed by atoms with Crippen LogP contribution in [0.4, 0.5) is 10.1 Å². The third kappa shape index (κ3) is 3.22. The van der Waals surface area contributed by atoms with Crippen molar-refractivity contribution in [2.45, 2.75) is 0 Å². The summed E-state index contributed by atoms with van der Waals surface area (Å²) < 4.78 is 19.4. The molecule has 2 heterocycles. The predicted molar refractivity (Wildman–Crippen MR) is 95.2 cm³/mol. The molecule has 4 rings (SSSR count). The van der Waals surface area contributed by atoms with Crippen LogP contribution in [-0.4, -0.2) is 21.1 Å². The summed E-state index contributed by atoms with van der Waals surface area (Å²) in [5, 5.41) is 10.7. The van der Waals surface area contributed by atoms with Gasteiger partial charge in [0.2, 0.25) is 5.89 Å². The standard InChI is InChI=1S/C18H11FN4O2S/c19-14-7-2-1-6-13(14)16(24)21-12-5-3-4-11(8-12)17-22-23-18(25-17)15-9-20-10-26-15/h1-10H,(H,21,24). The number of benzene rings is 2. The number of hydrogen-bond donors (Lipinski definition) is 1. The summed E-state index contributed by atoms with van der Waals surface area (Å²) in [5.74, 6) is -0.415. The Balaban J connectivity index is 1.57. The molecule has 0 unspecified atom stereocenters. The Labute approximate surface area is 151 Å². The van der Waals surface area contributed by atoms with Gasteiger partial charge in [-0.15, -0.1) is 21.5 Å². The van der Waals surface area contributed by atoms with Gasteiger partial charge >= 0.3 is 0 Å². The molecule has 0 spiro atoms. The zero-order valence-corrected chi connectivity index (χ0v) is 14.0. The fraction of sp³-hybridized carbons (Fsp3) is 0. The van der Waals surface area contributed by atoms with E-state index in [0.717, 1.165) is 4.88 Å². The zero-order chi connectivity index (χ0) is 17.9. The molecule has 0 aliphatic carbocycles. The van der Waals surface area contributed by atoms with E-state index in [1.165, 1.54) is 29.5 Å². The van der Waals surface area contributed by atoms with Gasteiger partial charge in [-0.1, -0.05) is 18.2 Å². The number of amides is 1. The van der Waals surface area contributed by atoms with Gasteiger partial charge in [-0.2, -0.15) is 0 Å². The van der Waals surface area contributed by atoms with Crippen molar-refractivity contribution in [2.24, 2.45) is 0 Å². The summed E-state index contributed by atoms with van der Waals surface area (Å²) in [5.41, 5.74) is 2.79. The molecule has 0 aliphatic heterocycles. The number of rotatable bonds is 4. The normalized spacial score (nSPS) is 10.7. The van der Waals surface area contributed by atoms with Crippen molar-refractivity contribution in [1.29, 1.82) is 0 Å². The van der Waals surface area contributed by atoms with Crippen molar-refractivity contribution in [2.75, 3.05) is 5.32 Å². The molecule has 0 fully saturated rings. The lowest BCUT2D eigenvalue weighted by Crippen LogP contribution is -2.13. The summed E-state index contributed by atoms with van der Waals surface area (Å²) in [6, 6.07) is 12.7. The Bertz CT molecular complexity index is 1060. The van der Waals surface area contributed by atoms with Crippen LogP contribution in [0.2, 0.25) is 0 Å². The van der Waals surface area contributed by atoms with Crippen molar-refractivity contribution in [3.05, 3.63) is 71.6 Å². The van der Waals surface area contributed by atoms with Gasteiger partial charge in [0, 0.05) is 11.3 Å². The lowest BCUT2D eigenvalue weighted by molar-refractivity contribution is 0.102. The number of nitrogens with zero attached hydrogens (tertiary/aromatic N) is 3. The molecule has 0 bridgehead atoms. The summed E-state index contributed by atoms with van der Waals surface area (Å²) in [4.78, 5) is 17.0. The second kappa shape index (κ2) is 6.85. The number of anilines is 1. The maximum absolute atomic E-state index is 13.7. The Kier molecular flexibility index (Phi) is 4.24. The van der Waals surface area contributed by atoms with Crippen molar-refractivity contribution < 1.29 is 13.6 Å². The van der Waals surface area contributed by atoms with Crippen LogP contribution in [-0.2, 0) is 0 Å². The molecule has 0 aliphatic rings. The molecule has 0 radical (unpaired) electrons. The van der Waals surface area contributed by atoms with Crippen LogP contribution < -0.4 is 5.32 Å². The van der Waals surface area contributed by atoms with E-state index >= 15 is 0 Å². The Morgan fingerprint density at radius 3 is 2.73 bits per heavy atom. The summed E-state index contributed by atoms with van der Waals surface area (Å²) in [6.45, 7) is 0. The smallest absolute Gasteiger partial charge is 0.259 e. The van der Waals surface area contributed by atoms with Crippen molar-refractivity contribution in [3.63, 3.8) is 0 Å². The predicted octanol–water partition coefficient (Wildman–Crippen LogP) is 4.25. The van der Waals surface area contributed by atoms with Crippen LogP contribution in [0.3, 0.4) is 0 Å². The number of thiazole rings is 1. The fourth-order valence-corrected chi connectivity index (χ4v) is 2.87. The SMILES string of the molecule is O=C(Nc1cccc(-c2nnc(-c3cncs3)o2)c1)c1ccccc1F. The minimum atomic E-state index is -0.577. The Morgan fingerprint density at radius 1 is 1.08 bits per heavy atom. The quantitative estimate of drug-likeness (QED) is 0.584. The van der Waals surface area contributed by atoms with Gasteiger partial charge in [-0.3, -0.25) is 9.78 Å². The molecule has 1 amide bonds. The molecule has 128 valence electrons. The maximum Gasteiger partial charge on any atom is 0.259 e. The van der Waals surface area contributed by atoms with Gasteiger partial charge in [0.1, 0.15) is 10.7 Å². The lowest BCUT2D eigenvalue weighted by Gasteiger charge is -2.06. The highest BCUT2D eigenvalue weighted by Gasteiger charge is 2.14. The van der Waals surface area contributed by atoms with E-state index < -0.39 is 11.7 Å². The average molecular weight is 366 g/mol. The molecule has 1 N–H and O–H groups in total. The number of aromatic nitrogens is 3. The summed E-state index contributed by atoms with van der Waals surface area (Å²) in [7, 11) is 0. The number of halogens is 1. The first-order valence-corrected chi connectivity index (χ1v) is 8.47. The van der Waals surface area contributed by atoms with E-state index in [9.17, 15) is 9.18 Å². The van der Waals surface area contributed by atoms with Crippen LogP contribution in [0.5, 0.6) is 0 Å². The third-order valence-electron chi connectivity index (χ3n) is 3.55. The summed E-state index contributed by atoms with van der Waals surface area (Å²) >= 11 is 1.40. The van der Waals surface area contributed by atoms with E-state index in [1.807, 2.05) is 0 Å². The summed E-state index contributed by atoms with van der Waals surface area (Å²) in [6.07, 6.45) is 1.65. The third-order valence-corrected chi connectivity index (χ3v) is 4.32. The first-order chi connectivity index (χ1) is 12.7. The van der Waals surface area contributed by atoms with E-state index in [0.29, 0.717) is 23.0 Å². The highest BCUT2D eigenvalue weighted by Crippen LogP contribution is 2.27. The first kappa shape index (κ1) is 16.1. The number of carbonyl (C=O) groups is 1. The van der Waals surface area contributed by atoms with Crippen LogP contribution in [0.25, 0.3) is 22.2 Å². The molecule has 4 aromatic rings. The van der Waals surface area contributed by atoms with Crippen LogP contribution in [0, 0.1) is 5.82 Å². The molecule has 2 aromatic heterocycles. The van der Waals surface area contributed by atoms with Crippen LogP contribution in [0.1, 0.15) is 10.4 Å². The van der Waals surface area contributed by atoms with Crippen molar-refractivity contribution in [3.8, 4) is 22.2 Å². The van der Waals surface area contributed by atoms with Gasteiger partial charge < -0.3 is 9.73 Å². The maximum atomic E-state index is 13.7.